The van der Waals surface area contributed by atoms with Crippen LogP contribution in [-0.2, 0) is 0 Å². The van der Waals surface area contributed by atoms with Crippen molar-refractivity contribution in [3.63, 3.8) is 0 Å². The molecule has 0 bridgehead atoms. The van der Waals surface area contributed by atoms with Crippen LogP contribution in [-0.4, -0.2) is 19.1 Å². The number of benzene rings is 1. The van der Waals surface area contributed by atoms with Gasteiger partial charge >= 0.3 is 0 Å². The Labute approximate surface area is 105 Å². The molecule has 1 aromatic rings. The van der Waals surface area contributed by atoms with Crippen LogP contribution in [0.2, 0.25) is 0 Å². The lowest BCUT2D eigenvalue weighted by molar-refractivity contribution is 0.483. The van der Waals surface area contributed by atoms with E-state index in [4.69, 9.17) is 5.73 Å². The van der Waals surface area contributed by atoms with Gasteiger partial charge in [-0.05, 0) is 56.7 Å². The molecule has 0 spiro atoms. The van der Waals surface area contributed by atoms with Crippen molar-refractivity contribution in [2.24, 2.45) is 11.7 Å². The van der Waals surface area contributed by atoms with Gasteiger partial charge in [0.2, 0.25) is 0 Å². The fourth-order valence-electron chi connectivity index (χ4n) is 2.63. The van der Waals surface area contributed by atoms with E-state index in [1.807, 2.05) is 0 Å². The van der Waals surface area contributed by atoms with Gasteiger partial charge in [-0.15, -0.1) is 0 Å². The second-order valence-corrected chi connectivity index (χ2v) is 5.49. The Bertz CT molecular complexity index is 360. The summed E-state index contributed by atoms with van der Waals surface area (Å²) in [6, 6.07) is 9.17. The van der Waals surface area contributed by atoms with E-state index in [0.29, 0.717) is 6.04 Å². The average molecular weight is 232 g/mol. The summed E-state index contributed by atoms with van der Waals surface area (Å²) in [5.41, 5.74) is 8.55. The standard InChI is InChI=1S/C15H24N2/c1-12-4-3-5-15(10-12)17-9-8-14(11-17)7-6-13(2)16/h3-5,10,13-14H,6-9,11,16H2,1-2H3. The predicted octanol–water partition coefficient (Wildman–Crippen LogP) is 2.95. The van der Waals surface area contributed by atoms with Gasteiger partial charge in [0.25, 0.3) is 0 Å². The number of hydrogen-bond acceptors (Lipinski definition) is 2. The van der Waals surface area contributed by atoms with Gasteiger partial charge in [-0.2, -0.15) is 0 Å². The topological polar surface area (TPSA) is 29.3 Å². The van der Waals surface area contributed by atoms with Gasteiger partial charge in [-0.1, -0.05) is 12.1 Å². The van der Waals surface area contributed by atoms with Crippen LogP contribution in [0.5, 0.6) is 0 Å². The third-order valence-electron chi connectivity index (χ3n) is 3.68. The third-order valence-corrected chi connectivity index (χ3v) is 3.68. The average Bonchev–Trinajstić information content (AvgIpc) is 2.75. The van der Waals surface area contributed by atoms with Crippen molar-refractivity contribution in [1.82, 2.24) is 0 Å². The largest absolute Gasteiger partial charge is 0.371 e. The van der Waals surface area contributed by atoms with Crippen LogP contribution in [0.1, 0.15) is 31.7 Å². The molecule has 2 nitrogen and oxygen atoms in total. The molecule has 1 saturated heterocycles. The van der Waals surface area contributed by atoms with Crippen molar-refractivity contribution in [2.75, 3.05) is 18.0 Å². The normalized spacial score (nSPS) is 21.8. The highest BCUT2D eigenvalue weighted by atomic mass is 15.1. The Hall–Kier alpha value is -1.02. The van der Waals surface area contributed by atoms with Gasteiger partial charge in [-0.3, -0.25) is 0 Å². The minimum absolute atomic E-state index is 0.350. The zero-order valence-corrected chi connectivity index (χ0v) is 11.0. The van der Waals surface area contributed by atoms with Gasteiger partial charge in [0.05, 0.1) is 0 Å². The van der Waals surface area contributed by atoms with Crippen LogP contribution >= 0.6 is 0 Å². The minimum atomic E-state index is 0.350. The van der Waals surface area contributed by atoms with E-state index in [1.165, 1.54) is 37.2 Å². The minimum Gasteiger partial charge on any atom is -0.371 e. The fourth-order valence-corrected chi connectivity index (χ4v) is 2.63. The Morgan fingerprint density at radius 3 is 3.00 bits per heavy atom. The van der Waals surface area contributed by atoms with Crippen LogP contribution in [0.15, 0.2) is 24.3 Å². The van der Waals surface area contributed by atoms with Crippen LogP contribution in [0.4, 0.5) is 5.69 Å². The van der Waals surface area contributed by atoms with E-state index in [9.17, 15) is 0 Å². The van der Waals surface area contributed by atoms with E-state index in [0.717, 1.165) is 12.3 Å². The maximum Gasteiger partial charge on any atom is 0.0368 e. The molecule has 0 saturated carbocycles. The molecule has 2 heteroatoms. The Kier molecular flexibility index (Phi) is 4.06. The Balaban J connectivity index is 1.89. The quantitative estimate of drug-likeness (QED) is 0.865. The molecule has 0 amide bonds. The monoisotopic (exact) mass is 232 g/mol. The van der Waals surface area contributed by atoms with E-state index in [2.05, 4.69) is 43.0 Å². The zero-order chi connectivity index (χ0) is 12.3. The molecule has 0 aliphatic carbocycles. The molecule has 94 valence electrons. The Morgan fingerprint density at radius 1 is 1.47 bits per heavy atom. The molecule has 17 heavy (non-hydrogen) atoms. The smallest absolute Gasteiger partial charge is 0.0368 e. The first-order valence-corrected chi connectivity index (χ1v) is 6.72. The summed E-state index contributed by atoms with van der Waals surface area (Å²) in [6.07, 6.45) is 3.76. The van der Waals surface area contributed by atoms with Crippen LogP contribution in [0.3, 0.4) is 0 Å². The predicted molar refractivity (Wildman–Crippen MR) is 74.4 cm³/mol. The van der Waals surface area contributed by atoms with Crippen molar-refractivity contribution >= 4 is 5.69 Å². The van der Waals surface area contributed by atoms with Crippen molar-refractivity contribution in [3.05, 3.63) is 29.8 Å². The summed E-state index contributed by atoms with van der Waals surface area (Å²) in [6.45, 7) is 6.67. The fraction of sp³-hybridized carbons (Fsp3) is 0.600. The molecule has 2 unspecified atom stereocenters. The highest BCUT2D eigenvalue weighted by Gasteiger charge is 2.22. The number of hydrogen-bond donors (Lipinski definition) is 1. The molecule has 1 aliphatic heterocycles. The summed E-state index contributed by atoms with van der Waals surface area (Å²) in [4.78, 5) is 2.51. The van der Waals surface area contributed by atoms with Gasteiger partial charge < -0.3 is 10.6 Å². The maximum atomic E-state index is 5.82. The van der Waals surface area contributed by atoms with Crippen LogP contribution < -0.4 is 10.6 Å². The summed E-state index contributed by atoms with van der Waals surface area (Å²) in [5.74, 6) is 0.835. The number of aryl methyl sites for hydroxylation is 1. The molecular weight excluding hydrogens is 208 g/mol. The van der Waals surface area contributed by atoms with E-state index < -0.39 is 0 Å². The van der Waals surface area contributed by atoms with Gasteiger partial charge in [-0.25, -0.2) is 0 Å². The number of anilines is 1. The third kappa shape index (κ3) is 3.47. The van der Waals surface area contributed by atoms with Gasteiger partial charge in [0.1, 0.15) is 0 Å². The summed E-state index contributed by atoms with van der Waals surface area (Å²) in [5, 5.41) is 0. The molecule has 2 N–H and O–H groups in total. The molecule has 2 atom stereocenters. The summed E-state index contributed by atoms with van der Waals surface area (Å²) >= 11 is 0. The van der Waals surface area contributed by atoms with Crippen LogP contribution in [0, 0.1) is 12.8 Å². The van der Waals surface area contributed by atoms with Crippen molar-refractivity contribution in [1.29, 1.82) is 0 Å². The summed E-state index contributed by atoms with van der Waals surface area (Å²) in [7, 11) is 0. The summed E-state index contributed by atoms with van der Waals surface area (Å²) < 4.78 is 0. The molecule has 1 aliphatic rings. The molecule has 1 heterocycles. The van der Waals surface area contributed by atoms with E-state index in [-0.39, 0.29) is 0 Å². The molecular formula is C15H24N2. The molecule has 1 aromatic carbocycles. The highest BCUT2D eigenvalue weighted by Crippen LogP contribution is 2.27. The number of nitrogens with two attached hydrogens (primary N) is 1. The zero-order valence-electron chi connectivity index (χ0n) is 11.0. The molecule has 0 aromatic heterocycles. The second kappa shape index (κ2) is 5.54. The number of rotatable bonds is 4. The van der Waals surface area contributed by atoms with Gasteiger partial charge in [0.15, 0.2) is 0 Å². The van der Waals surface area contributed by atoms with Gasteiger partial charge in [0, 0.05) is 24.8 Å². The van der Waals surface area contributed by atoms with Crippen molar-refractivity contribution < 1.29 is 0 Å². The number of nitrogens with zero attached hydrogens (tertiary/aromatic N) is 1. The maximum absolute atomic E-state index is 5.82. The second-order valence-electron chi connectivity index (χ2n) is 5.49. The van der Waals surface area contributed by atoms with Crippen molar-refractivity contribution in [2.45, 2.75) is 39.2 Å². The first-order chi connectivity index (χ1) is 8.15. The van der Waals surface area contributed by atoms with Crippen LogP contribution in [0.25, 0.3) is 0 Å². The molecule has 0 radical (unpaired) electrons. The first-order valence-electron chi connectivity index (χ1n) is 6.72. The lowest BCUT2D eigenvalue weighted by Crippen LogP contribution is -2.21. The van der Waals surface area contributed by atoms with Crippen molar-refractivity contribution in [3.8, 4) is 0 Å². The van der Waals surface area contributed by atoms with E-state index in [1.54, 1.807) is 0 Å². The SMILES string of the molecule is Cc1cccc(N2CCC(CCC(C)N)C2)c1. The molecule has 1 fully saturated rings. The highest BCUT2D eigenvalue weighted by molar-refractivity contribution is 5.49. The lowest BCUT2D eigenvalue weighted by Gasteiger charge is -2.19. The lowest BCUT2D eigenvalue weighted by atomic mass is 10.0. The Morgan fingerprint density at radius 2 is 2.29 bits per heavy atom. The van der Waals surface area contributed by atoms with E-state index >= 15 is 0 Å². The molecule has 2 rings (SSSR count). The first kappa shape index (κ1) is 12.4.